The van der Waals surface area contributed by atoms with Gasteiger partial charge in [-0.2, -0.15) is 0 Å². The van der Waals surface area contributed by atoms with Gasteiger partial charge in [-0.15, -0.1) is 0 Å². The summed E-state index contributed by atoms with van der Waals surface area (Å²) >= 11 is 0. The Bertz CT molecular complexity index is 886. The van der Waals surface area contributed by atoms with Gasteiger partial charge in [0.15, 0.2) is 0 Å². The molecule has 0 amide bonds. The molecule has 0 aliphatic heterocycles. The molecule has 1 aromatic carbocycles. The Morgan fingerprint density at radius 2 is 1.95 bits per heavy atom. The molecule has 0 fully saturated rings. The Balaban J connectivity index is 1.88. The van der Waals surface area contributed by atoms with Crippen LogP contribution < -0.4 is 5.63 Å². The number of phenols is 1. The molecule has 3 rings (SSSR count). The first-order valence-corrected chi connectivity index (χ1v) is 6.46. The molecule has 6 heteroatoms. The molecule has 0 aliphatic rings. The van der Waals surface area contributed by atoms with Crippen molar-refractivity contribution in [1.29, 1.82) is 0 Å². The molecule has 0 unspecified atom stereocenters. The van der Waals surface area contributed by atoms with E-state index >= 15 is 0 Å². The van der Waals surface area contributed by atoms with E-state index in [1.165, 1.54) is 42.7 Å². The number of hydrogen-bond acceptors (Lipinski definition) is 6. The van der Waals surface area contributed by atoms with Crippen LogP contribution in [0.15, 0.2) is 58.0 Å². The third-order valence-electron chi connectivity index (χ3n) is 3.09. The number of benzene rings is 1. The van der Waals surface area contributed by atoms with Gasteiger partial charge in [-0.05, 0) is 24.3 Å². The number of aromatic hydroxyl groups is 1. The number of ether oxygens (including phenoxy) is 1. The second-order valence-corrected chi connectivity index (χ2v) is 4.58. The van der Waals surface area contributed by atoms with Crippen LogP contribution in [0, 0.1) is 0 Å². The van der Waals surface area contributed by atoms with Crippen LogP contribution in [0.3, 0.4) is 0 Å². The lowest BCUT2D eigenvalue weighted by Gasteiger charge is -2.07. The van der Waals surface area contributed by atoms with Crippen molar-refractivity contribution >= 4 is 16.9 Å². The van der Waals surface area contributed by atoms with E-state index in [2.05, 4.69) is 4.98 Å². The Morgan fingerprint density at radius 1 is 1.18 bits per heavy atom. The van der Waals surface area contributed by atoms with Gasteiger partial charge in [0.25, 0.3) is 0 Å². The maximum atomic E-state index is 11.9. The van der Waals surface area contributed by atoms with E-state index < -0.39 is 11.6 Å². The first kappa shape index (κ1) is 13.8. The van der Waals surface area contributed by atoms with Gasteiger partial charge < -0.3 is 14.3 Å². The Hall–Kier alpha value is -3.15. The normalized spacial score (nSPS) is 10.5. The average molecular weight is 297 g/mol. The SMILES string of the molecule is O=C(OCc1cc(=O)oc2cc(O)ccc12)c1ccncc1. The Labute approximate surface area is 124 Å². The lowest BCUT2D eigenvalue weighted by atomic mass is 10.1. The fourth-order valence-corrected chi connectivity index (χ4v) is 2.05. The highest BCUT2D eigenvalue weighted by Crippen LogP contribution is 2.22. The smallest absolute Gasteiger partial charge is 0.338 e. The number of pyridine rings is 1. The van der Waals surface area contributed by atoms with Gasteiger partial charge in [0.1, 0.15) is 17.9 Å². The number of esters is 1. The van der Waals surface area contributed by atoms with Gasteiger partial charge in [0.2, 0.25) is 0 Å². The van der Waals surface area contributed by atoms with Crippen molar-refractivity contribution in [3.05, 3.63) is 70.3 Å². The van der Waals surface area contributed by atoms with Crippen molar-refractivity contribution in [2.45, 2.75) is 6.61 Å². The van der Waals surface area contributed by atoms with Crippen LogP contribution in [0.4, 0.5) is 0 Å². The molecule has 1 N–H and O–H groups in total. The number of aromatic nitrogens is 1. The zero-order chi connectivity index (χ0) is 15.5. The van der Waals surface area contributed by atoms with Crippen molar-refractivity contribution in [2.75, 3.05) is 0 Å². The van der Waals surface area contributed by atoms with E-state index in [9.17, 15) is 14.7 Å². The minimum absolute atomic E-state index is 0.0124. The lowest BCUT2D eigenvalue weighted by molar-refractivity contribution is 0.0473. The van der Waals surface area contributed by atoms with Crippen LogP contribution in [0.5, 0.6) is 5.75 Å². The molecule has 0 bridgehead atoms. The summed E-state index contributed by atoms with van der Waals surface area (Å²) in [5.74, 6) is -0.524. The maximum Gasteiger partial charge on any atom is 0.338 e. The molecule has 6 nitrogen and oxygen atoms in total. The van der Waals surface area contributed by atoms with Crippen LogP contribution in [-0.4, -0.2) is 16.1 Å². The monoisotopic (exact) mass is 297 g/mol. The van der Waals surface area contributed by atoms with Gasteiger partial charge in [-0.3, -0.25) is 4.98 Å². The fraction of sp³-hybridized carbons (Fsp3) is 0.0625. The molecule has 0 spiro atoms. The number of rotatable bonds is 3. The molecule has 22 heavy (non-hydrogen) atoms. The Kier molecular flexibility index (Phi) is 3.57. The number of carbonyl (C=O) groups excluding carboxylic acids is 1. The number of fused-ring (bicyclic) bond motifs is 1. The summed E-state index contributed by atoms with van der Waals surface area (Å²) in [6.07, 6.45) is 2.98. The third-order valence-corrected chi connectivity index (χ3v) is 3.09. The predicted octanol–water partition coefficient (Wildman–Crippen LogP) is 2.25. The molecule has 0 aliphatic carbocycles. The van der Waals surface area contributed by atoms with E-state index in [1.807, 2.05) is 0 Å². The van der Waals surface area contributed by atoms with Crippen LogP contribution in [0.2, 0.25) is 0 Å². The molecule has 0 saturated heterocycles. The second-order valence-electron chi connectivity index (χ2n) is 4.58. The minimum Gasteiger partial charge on any atom is -0.508 e. The topological polar surface area (TPSA) is 89.6 Å². The number of hydrogen-bond donors (Lipinski definition) is 1. The van der Waals surface area contributed by atoms with Crippen molar-refractivity contribution in [3.63, 3.8) is 0 Å². The zero-order valence-electron chi connectivity index (χ0n) is 11.4. The summed E-state index contributed by atoms with van der Waals surface area (Å²) in [5.41, 5.74) is 0.545. The molecule has 0 atom stereocenters. The number of carbonyl (C=O) groups is 1. The van der Waals surface area contributed by atoms with Gasteiger partial charge in [-0.25, -0.2) is 9.59 Å². The van der Waals surface area contributed by atoms with Crippen molar-refractivity contribution in [3.8, 4) is 5.75 Å². The summed E-state index contributed by atoms with van der Waals surface area (Å²) in [4.78, 5) is 27.3. The first-order valence-electron chi connectivity index (χ1n) is 6.46. The molecule has 0 radical (unpaired) electrons. The maximum absolute atomic E-state index is 11.9. The van der Waals surface area contributed by atoms with E-state index in [0.717, 1.165) is 0 Å². The fourth-order valence-electron chi connectivity index (χ4n) is 2.05. The molecular weight excluding hydrogens is 286 g/mol. The zero-order valence-corrected chi connectivity index (χ0v) is 11.4. The molecule has 3 aromatic rings. The Morgan fingerprint density at radius 3 is 2.73 bits per heavy atom. The highest BCUT2D eigenvalue weighted by atomic mass is 16.5. The summed E-state index contributed by atoms with van der Waals surface area (Å²) < 4.78 is 10.2. The predicted molar refractivity (Wildman–Crippen MR) is 77.5 cm³/mol. The van der Waals surface area contributed by atoms with Gasteiger partial charge >= 0.3 is 11.6 Å². The highest BCUT2D eigenvalue weighted by Gasteiger charge is 2.11. The first-order chi connectivity index (χ1) is 10.6. The molecule has 2 heterocycles. The van der Waals surface area contributed by atoms with E-state index in [-0.39, 0.29) is 17.9 Å². The molecule has 110 valence electrons. The van der Waals surface area contributed by atoms with Crippen LogP contribution >= 0.6 is 0 Å². The number of phenolic OH excluding ortho intramolecular Hbond substituents is 1. The summed E-state index contributed by atoms with van der Waals surface area (Å²) in [6, 6.07) is 8.75. The van der Waals surface area contributed by atoms with Crippen LogP contribution in [0.25, 0.3) is 11.0 Å². The summed E-state index contributed by atoms with van der Waals surface area (Å²) in [5, 5.41) is 10.0. The van der Waals surface area contributed by atoms with Gasteiger partial charge in [-0.1, -0.05) is 0 Å². The molecular formula is C16H11NO5. The quantitative estimate of drug-likeness (QED) is 0.589. The van der Waals surface area contributed by atoms with E-state index in [4.69, 9.17) is 9.15 Å². The highest BCUT2D eigenvalue weighted by molar-refractivity contribution is 5.89. The summed E-state index contributed by atoms with van der Waals surface area (Å²) in [6.45, 7) is -0.0754. The second kappa shape index (κ2) is 5.69. The van der Waals surface area contributed by atoms with E-state index in [0.29, 0.717) is 16.5 Å². The largest absolute Gasteiger partial charge is 0.508 e. The average Bonchev–Trinajstić information content (AvgIpc) is 2.52. The van der Waals surface area contributed by atoms with Crippen molar-refractivity contribution in [1.82, 2.24) is 4.98 Å². The molecule has 2 aromatic heterocycles. The van der Waals surface area contributed by atoms with Crippen molar-refractivity contribution in [2.24, 2.45) is 0 Å². The third kappa shape index (κ3) is 2.80. The van der Waals surface area contributed by atoms with Crippen LogP contribution in [0.1, 0.15) is 15.9 Å². The summed E-state index contributed by atoms with van der Waals surface area (Å²) in [7, 11) is 0. The minimum atomic E-state index is -0.576. The lowest BCUT2D eigenvalue weighted by Crippen LogP contribution is -2.08. The number of nitrogens with zero attached hydrogens (tertiary/aromatic N) is 1. The standard InChI is InChI=1S/C16H11NO5/c18-12-1-2-13-11(7-15(19)22-14(13)8-12)9-21-16(20)10-3-5-17-6-4-10/h1-8,18H,9H2. The van der Waals surface area contributed by atoms with Gasteiger partial charge in [0, 0.05) is 35.5 Å². The van der Waals surface area contributed by atoms with Crippen LogP contribution in [-0.2, 0) is 11.3 Å². The molecule has 0 saturated carbocycles. The van der Waals surface area contributed by atoms with Crippen molar-refractivity contribution < 1.29 is 19.1 Å². The van der Waals surface area contributed by atoms with E-state index in [1.54, 1.807) is 6.07 Å². The van der Waals surface area contributed by atoms with Gasteiger partial charge in [0.05, 0.1) is 5.56 Å².